The SMILES string of the molecule is C[C@@H](Nc1ncnc2c(Br)c(=O)n(C34CC(C3)C4)cc12)c1cccc(C(F)F)c1F. The van der Waals surface area contributed by atoms with Gasteiger partial charge >= 0.3 is 0 Å². The van der Waals surface area contributed by atoms with E-state index in [2.05, 4.69) is 31.2 Å². The second-order valence-corrected chi connectivity index (χ2v) is 9.02. The van der Waals surface area contributed by atoms with Crippen molar-refractivity contribution in [3.05, 3.63) is 62.5 Å². The van der Waals surface area contributed by atoms with Gasteiger partial charge in [0.1, 0.15) is 22.4 Å². The van der Waals surface area contributed by atoms with Gasteiger partial charge in [0, 0.05) is 17.3 Å². The van der Waals surface area contributed by atoms with Gasteiger partial charge in [0.25, 0.3) is 12.0 Å². The van der Waals surface area contributed by atoms with Crippen molar-refractivity contribution in [3.8, 4) is 0 Å². The molecule has 0 spiro atoms. The number of aromatic nitrogens is 3. The molecule has 0 aliphatic heterocycles. The minimum absolute atomic E-state index is 0.117. The van der Waals surface area contributed by atoms with Gasteiger partial charge in [-0.25, -0.2) is 23.1 Å². The largest absolute Gasteiger partial charge is 0.363 e. The Bertz CT molecular complexity index is 1210. The second kappa shape index (κ2) is 6.80. The Balaban J connectivity index is 1.57. The van der Waals surface area contributed by atoms with Crippen molar-refractivity contribution >= 4 is 32.7 Å². The van der Waals surface area contributed by atoms with Crippen LogP contribution in [0.1, 0.15) is 49.8 Å². The highest BCUT2D eigenvalue weighted by Gasteiger charge is 2.58. The highest BCUT2D eigenvalue weighted by atomic mass is 79.9. The van der Waals surface area contributed by atoms with Crippen LogP contribution in [0.3, 0.4) is 0 Å². The molecule has 6 rings (SSSR count). The second-order valence-electron chi connectivity index (χ2n) is 8.22. The maximum absolute atomic E-state index is 14.6. The van der Waals surface area contributed by atoms with Crippen molar-refractivity contribution in [1.29, 1.82) is 0 Å². The summed E-state index contributed by atoms with van der Waals surface area (Å²) in [6, 6.07) is 3.33. The number of alkyl halides is 2. The molecular weight excluding hydrogens is 461 g/mol. The van der Waals surface area contributed by atoms with Gasteiger partial charge in [-0.3, -0.25) is 4.79 Å². The molecule has 5 nitrogen and oxygen atoms in total. The molecule has 3 saturated carbocycles. The molecular formula is C21H18BrF3N4O. The summed E-state index contributed by atoms with van der Waals surface area (Å²) in [6.45, 7) is 1.67. The lowest BCUT2D eigenvalue weighted by Gasteiger charge is -2.62. The standard InChI is InChI=1S/C21H18BrF3N4O/c1-10(12-3-2-4-13(16(12)23)18(24)25)28-19-14-8-29(21-5-11(6-21)7-21)20(30)15(22)17(14)26-9-27-19/h2-4,8-11,18H,5-7H2,1H3,(H,26,27,28)/t10-,11?,21?/m1/s1. The Morgan fingerprint density at radius 3 is 2.57 bits per heavy atom. The van der Waals surface area contributed by atoms with Gasteiger partial charge in [-0.2, -0.15) is 0 Å². The molecule has 1 atom stereocenters. The monoisotopic (exact) mass is 478 g/mol. The lowest BCUT2D eigenvalue weighted by molar-refractivity contribution is -0.0912. The van der Waals surface area contributed by atoms with Crippen LogP contribution in [-0.2, 0) is 5.54 Å². The number of pyridine rings is 1. The molecule has 1 N–H and O–H groups in total. The van der Waals surface area contributed by atoms with Gasteiger partial charge in [-0.05, 0) is 48.0 Å². The van der Waals surface area contributed by atoms with Crippen LogP contribution in [-0.4, -0.2) is 14.5 Å². The van der Waals surface area contributed by atoms with Crippen LogP contribution < -0.4 is 10.9 Å². The number of nitrogens with zero attached hydrogens (tertiary/aromatic N) is 3. The van der Waals surface area contributed by atoms with E-state index in [1.807, 2.05) is 0 Å². The fourth-order valence-corrected chi connectivity index (χ4v) is 5.14. The fourth-order valence-electron chi connectivity index (χ4n) is 4.64. The third kappa shape index (κ3) is 2.78. The lowest BCUT2D eigenvalue weighted by atomic mass is 9.49. The highest BCUT2D eigenvalue weighted by molar-refractivity contribution is 9.10. The summed E-state index contributed by atoms with van der Waals surface area (Å²) >= 11 is 3.38. The van der Waals surface area contributed by atoms with Crippen LogP contribution >= 0.6 is 15.9 Å². The summed E-state index contributed by atoms with van der Waals surface area (Å²) in [6.07, 6.45) is 3.16. The van der Waals surface area contributed by atoms with Crippen molar-refractivity contribution in [2.24, 2.45) is 5.92 Å². The van der Waals surface area contributed by atoms with Crippen LogP contribution in [0.2, 0.25) is 0 Å². The zero-order chi connectivity index (χ0) is 21.2. The topological polar surface area (TPSA) is 59.8 Å². The molecule has 0 radical (unpaired) electrons. The van der Waals surface area contributed by atoms with E-state index >= 15 is 0 Å². The van der Waals surface area contributed by atoms with Crippen LogP contribution in [0, 0.1) is 11.7 Å². The number of fused-ring (bicyclic) bond motifs is 1. The Hall–Kier alpha value is -2.42. The molecule has 30 heavy (non-hydrogen) atoms. The Morgan fingerprint density at radius 1 is 1.23 bits per heavy atom. The normalized spacial score (nSPS) is 23.2. The number of hydrogen-bond acceptors (Lipinski definition) is 4. The average Bonchev–Trinajstić information content (AvgIpc) is 2.63. The molecule has 2 heterocycles. The summed E-state index contributed by atoms with van der Waals surface area (Å²) in [5.41, 5.74) is -0.321. The molecule has 3 aliphatic rings. The van der Waals surface area contributed by atoms with E-state index in [0.29, 0.717) is 27.1 Å². The lowest BCUT2D eigenvalue weighted by Crippen LogP contribution is -2.62. The summed E-state index contributed by atoms with van der Waals surface area (Å²) in [4.78, 5) is 21.4. The van der Waals surface area contributed by atoms with E-state index in [1.165, 1.54) is 18.5 Å². The summed E-state index contributed by atoms with van der Waals surface area (Å²) in [5, 5.41) is 3.73. The quantitative estimate of drug-likeness (QED) is 0.539. The van der Waals surface area contributed by atoms with E-state index in [0.717, 1.165) is 25.3 Å². The molecule has 3 fully saturated rings. The van der Waals surface area contributed by atoms with E-state index in [4.69, 9.17) is 0 Å². The smallest absolute Gasteiger partial charge is 0.267 e. The number of halogens is 4. The minimum Gasteiger partial charge on any atom is -0.363 e. The first-order chi connectivity index (χ1) is 14.3. The zero-order valence-corrected chi connectivity index (χ0v) is 17.6. The Labute approximate surface area is 178 Å². The molecule has 2 aromatic heterocycles. The third-order valence-corrected chi connectivity index (χ3v) is 7.10. The van der Waals surface area contributed by atoms with Gasteiger partial charge in [0.2, 0.25) is 0 Å². The molecule has 0 saturated heterocycles. The molecule has 3 aromatic rings. The van der Waals surface area contributed by atoms with Crippen LogP contribution in [0.25, 0.3) is 10.9 Å². The number of hydrogen-bond donors (Lipinski definition) is 1. The number of rotatable bonds is 5. The number of nitrogens with one attached hydrogen (secondary N) is 1. The van der Waals surface area contributed by atoms with Gasteiger partial charge in [-0.15, -0.1) is 0 Å². The predicted molar refractivity (Wildman–Crippen MR) is 110 cm³/mol. The van der Waals surface area contributed by atoms with E-state index in [1.54, 1.807) is 17.7 Å². The Morgan fingerprint density at radius 2 is 1.93 bits per heavy atom. The van der Waals surface area contributed by atoms with Crippen molar-refractivity contribution < 1.29 is 13.2 Å². The van der Waals surface area contributed by atoms with Gasteiger partial charge in [0.15, 0.2) is 0 Å². The van der Waals surface area contributed by atoms with Crippen LogP contribution in [0.5, 0.6) is 0 Å². The van der Waals surface area contributed by atoms with Gasteiger partial charge in [-0.1, -0.05) is 18.2 Å². The first-order valence-electron chi connectivity index (χ1n) is 9.70. The molecule has 0 amide bonds. The predicted octanol–water partition coefficient (Wildman–Crippen LogP) is 5.31. The summed E-state index contributed by atoms with van der Waals surface area (Å²) < 4.78 is 42.8. The van der Waals surface area contributed by atoms with E-state index in [-0.39, 0.29) is 16.7 Å². The van der Waals surface area contributed by atoms with Gasteiger partial charge in [0.05, 0.1) is 22.5 Å². The number of anilines is 1. The molecule has 2 bridgehead atoms. The van der Waals surface area contributed by atoms with E-state index in [9.17, 15) is 18.0 Å². The van der Waals surface area contributed by atoms with Crippen LogP contribution in [0.4, 0.5) is 19.0 Å². The summed E-state index contributed by atoms with van der Waals surface area (Å²) in [5.74, 6) is 0.175. The first kappa shape index (κ1) is 19.5. The highest BCUT2D eigenvalue weighted by Crippen LogP contribution is 2.62. The number of benzene rings is 1. The first-order valence-corrected chi connectivity index (χ1v) is 10.5. The average molecular weight is 479 g/mol. The third-order valence-electron chi connectivity index (χ3n) is 6.39. The zero-order valence-electron chi connectivity index (χ0n) is 16.0. The molecule has 156 valence electrons. The molecule has 0 unspecified atom stereocenters. The van der Waals surface area contributed by atoms with Gasteiger partial charge < -0.3 is 9.88 Å². The van der Waals surface area contributed by atoms with E-state index < -0.39 is 23.8 Å². The fraction of sp³-hybridized carbons (Fsp3) is 0.381. The molecule has 3 aliphatic carbocycles. The molecule has 9 heteroatoms. The van der Waals surface area contributed by atoms with Crippen molar-refractivity contribution in [2.75, 3.05) is 5.32 Å². The van der Waals surface area contributed by atoms with Crippen molar-refractivity contribution in [1.82, 2.24) is 14.5 Å². The van der Waals surface area contributed by atoms with Crippen molar-refractivity contribution in [2.45, 2.75) is 44.2 Å². The summed E-state index contributed by atoms with van der Waals surface area (Å²) in [7, 11) is 0. The maximum Gasteiger partial charge on any atom is 0.267 e. The van der Waals surface area contributed by atoms with Crippen LogP contribution in [0.15, 0.2) is 40.0 Å². The minimum atomic E-state index is -2.89. The maximum atomic E-state index is 14.6. The molecule has 1 aromatic carbocycles. The Kier molecular flexibility index (Phi) is 4.43. The van der Waals surface area contributed by atoms with Crippen molar-refractivity contribution in [3.63, 3.8) is 0 Å².